The molecule has 25 heavy (non-hydrogen) atoms. The van der Waals surface area contributed by atoms with Gasteiger partial charge in [0.2, 0.25) is 0 Å². The van der Waals surface area contributed by atoms with Crippen LogP contribution in [0.4, 0.5) is 0 Å². The number of carbonyl (C=O) groups excluding carboxylic acids is 2. The van der Waals surface area contributed by atoms with Gasteiger partial charge in [-0.25, -0.2) is 4.79 Å². The van der Waals surface area contributed by atoms with Crippen molar-refractivity contribution < 1.29 is 18.7 Å². The zero-order chi connectivity index (χ0) is 18.1. The van der Waals surface area contributed by atoms with Crippen LogP contribution in [0, 0.1) is 5.92 Å². The Morgan fingerprint density at radius 2 is 1.92 bits per heavy atom. The highest BCUT2D eigenvalue weighted by atomic mass is 35.5. The molecule has 0 unspecified atom stereocenters. The maximum absolute atomic E-state index is 12.6. The zero-order valence-electron chi connectivity index (χ0n) is 14.0. The van der Waals surface area contributed by atoms with Crippen LogP contribution in [0.3, 0.4) is 0 Å². The molecule has 1 amide bonds. The van der Waals surface area contributed by atoms with Crippen molar-refractivity contribution in [2.75, 3.05) is 13.1 Å². The molecular formula is C18H18ClNO5. The minimum absolute atomic E-state index is 0.0154. The molecule has 1 aliphatic rings. The van der Waals surface area contributed by atoms with Crippen molar-refractivity contribution in [3.63, 3.8) is 0 Å². The number of piperidine rings is 1. The fourth-order valence-corrected chi connectivity index (χ4v) is 3.10. The molecule has 0 N–H and O–H groups in total. The third kappa shape index (κ3) is 3.69. The standard InChI is InChI=1S/C18H18ClNO5/c1-10-3-5-20(6-4-10)17(22)13-7-12-8-14(19)16(24-11(2)21)9-15(12)25-18(13)23/h7-10H,3-6H2,1-2H3. The maximum atomic E-state index is 12.6. The number of esters is 1. The van der Waals surface area contributed by atoms with Gasteiger partial charge in [0.25, 0.3) is 5.91 Å². The van der Waals surface area contributed by atoms with Crippen molar-refractivity contribution in [3.05, 3.63) is 39.2 Å². The Hall–Kier alpha value is -2.34. The van der Waals surface area contributed by atoms with E-state index in [1.165, 1.54) is 25.1 Å². The first-order valence-electron chi connectivity index (χ1n) is 8.10. The Balaban J connectivity index is 1.97. The molecule has 1 fully saturated rings. The molecule has 2 heterocycles. The van der Waals surface area contributed by atoms with Crippen molar-refractivity contribution >= 4 is 34.4 Å². The molecule has 2 aromatic rings. The van der Waals surface area contributed by atoms with Gasteiger partial charge in [-0.3, -0.25) is 9.59 Å². The molecule has 0 aliphatic carbocycles. The normalized spacial score (nSPS) is 15.4. The molecule has 132 valence electrons. The first kappa shape index (κ1) is 17.5. The number of amides is 1. The molecule has 7 heteroatoms. The monoisotopic (exact) mass is 363 g/mol. The summed E-state index contributed by atoms with van der Waals surface area (Å²) in [5.41, 5.74) is -0.528. The Morgan fingerprint density at radius 1 is 1.24 bits per heavy atom. The van der Waals surface area contributed by atoms with Crippen molar-refractivity contribution in [1.82, 2.24) is 4.90 Å². The van der Waals surface area contributed by atoms with E-state index < -0.39 is 11.6 Å². The summed E-state index contributed by atoms with van der Waals surface area (Å²) in [5.74, 6) is -0.179. The van der Waals surface area contributed by atoms with E-state index in [0.717, 1.165) is 12.8 Å². The van der Waals surface area contributed by atoms with Crippen LogP contribution >= 0.6 is 11.6 Å². The average molecular weight is 364 g/mol. The molecule has 0 radical (unpaired) electrons. The maximum Gasteiger partial charge on any atom is 0.349 e. The van der Waals surface area contributed by atoms with Crippen LogP contribution in [-0.2, 0) is 4.79 Å². The number of likely N-dealkylation sites (tertiary alicyclic amines) is 1. The minimum Gasteiger partial charge on any atom is -0.425 e. The largest absolute Gasteiger partial charge is 0.425 e. The molecule has 1 aliphatic heterocycles. The van der Waals surface area contributed by atoms with Gasteiger partial charge in [0.15, 0.2) is 5.75 Å². The first-order valence-corrected chi connectivity index (χ1v) is 8.48. The minimum atomic E-state index is -0.716. The summed E-state index contributed by atoms with van der Waals surface area (Å²) >= 11 is 6.09. The van der Waals surface area contributed by atoms with Gasteiger partial charge in [0, 0.05) is 31.5 Å². The molecule has 0 spiro atoms. The lowest BCUT2D eigenvalue weighted by atomic mass is 9.99. The van der Waals surface area contributed by atoms with Crippen molar-refractivity contribution in [3.8, 4) is 5.75 Å². The van der Waals surface area contributed by atoms with Gasteiger partial charge in [-0.15, -0.1) is 0 Å². The summed E-state index contributed by atoms with van der Waals surface area (Å²) < 4.78 is 10.2. The lowest BCUT2D eigenvalue weighted by Crippen LogP contribution is -2.39. The molecule has 0 saturated carbocycles. The van der Waals surface area contributed by atoms with Crippen LogP contribution in [-0.4, -0.2) is 29.9 Å². The van der Waals surface area contributed by atoms with Gasteiger partial charge in [-0.05, 0) is 30.9 Å². The second-order valence-electron chi connectivity index (χ2n) is 6.34. The Morgan fingerprint density at radius 3 is 2.56 bits per heavy atom. The summed E-state index contributed by atoms with van der Waals surface area (Å²) in [4.78, 5) is 37.6. The van der Waals surface area contributed by atoms with E-state index in [1.807, 2.05) is 0 Å². The number of hydrogen-bond donors (Lipinski definition) is 0. The number of ether oxygens (including phenoxy) is 1. The SMILES string of the molecule is CC(=O)Oc1cc2oc(=O)c(C(=O)N3CCC(C)CC3)cc2cc1Cl. The van der Waals surface area contributed by atoms with Crippen LogP contribution in [0.15, 0.2) is 27.4 Å². The highest BCUT2D eigenvalue weighted by molar-refractivity contribution is 6.33. The first-order chi connectivity index (χ1) is 11.8. The Labute approximate surface area is 149 Å². The topological polar surface area (TPSA) is 76.8 Å². The van der Waals surface area contributed by atoms with Gasteiger partial charge < -0.3 is 14.1 Å². The second-order valence-corrected chi connectivity index (χ2v) is 6.74. The molecular weight excluding hydrogens is 346 g/mol. The molecule has 0 atom stereocenters. The van der Waals surface area contributed by atoms with E-state index in [9.17, 15) is 14.4 Å². The lowest BCUT2D eigenvalue weighted by molar-refractivity contribution is -0.131. The highest BCUT2D eigenvalue weighted by Crippen LogP contribution is 2.30. The number of rotatable bonds is 2. The van der Waals surface area contributed by atoms with Crippen LogP contribution < -0.4 is 10.4 Å². The molecule has 1 aromatic heterocycles. The molecule has 1 saturated heterocycles. The lowest BCUT2D eigenvalue weighted by Gasteiger charge is -2.30. The van der Waals surface area contributed by atoms with Gasteiger partial charge in [-0.2, -0.15) is 0 Å². The zero-order valence-corrected chi connectivity index (χ0v) is 14.8. The van der Waals surface area contributed by atoms with E-state index in [2.05, 4.69) is 6.92 Å². The third-order valence-corrected chi connectivity index (χ3v) is 4.64. The fraction of sp³-hybridized carbons (Fsp3) is 0.389. The smallest absolute Gasteiger partial charge is 0.349 e. The van der Waals surface area contributed by atoms with Gasteiger partial charge in [0.1, 0.15) is 11.1 Å². The van der Waals surface area contributed by atoms with Crippen LogP contribution in [0.5, 0.6) is 5.75 Å². The van der Waals surface area contributed by atoms with E-state index in [1.54, 1.807) is 4.90 Å². The van der Waals surface area contributed by atoms with E-state index in [-0.39, 0.29) is 27.8 Å². The van der Waals surface area contributed by atoms with E-state index >= 15 is 0 Å². The van der Waals surface area contributed by atoms with E-state index in [4.69, 9.17) is 20.8 Å². The number of carbonyl (C=O) groups is 2. The van der Waals surface area contributed by atoms with Crippen LogP contribution in [0.1, 0.15) is 37.0 Å². The Bertz CT molecular complexity index is 896. The van der Waals surface area contributed by atoms with Crippen molar-refractivity contribution in [1.29, 1.82) is 0 Å². The fourth-order valence-electron chi connectivity index (χ4n) is 2.88. The number of benzene rings is 1. The molecule has 0 bridgehead atoms. The summed E-state index contributed by atoms with van der Waals surface area (Å²) in [6, 6.07) is 4.36. The third-order valence-electron chi connectivity index (χ3n) is 4.34. The summed E-state index contributed by atoms with van der Waals surface area (Å²) in [6.45, 7) is 4.65. The predicted molar refractivity (Wildman–Crippen MR) is 93.1 cm³/mol. The number of nitrogens with zero attached hydrogens (tertiary/aromatic N) is 1. The average Bonchev–Trinajstić information content (AvgIpc) is 2.55. The number of hydrogen-bond acceptors (Lipinski definition) is 5. The molecule has 6 nitrogen and oxygen atoms in total. The predicted octanol–water partition coefficient (Wildman–Crippen LogP) is 3.24. The van der Waals surface area contributed by atoms with Gasteiger partial charge in [0.05, 0.1) is 5.02 Å². The van der Waals surface area contributed by atoms with Gasteiger partial charge in [-0.1, -0.05) is 18.5 Å². The van der Waals surface area contributed by atoms with Crippen molar-refractivity contribution in [2.24, 2.45) is 5.92 Å². The summed E-state index contributed by atoms with van der Waals surface area (Å²) in [5, 5.41) is 0.691. The van der Waals surface area contributed by atoms with Gasteiger partial charge >= 0.3 is 11.6 Å². The second kappa shape index (κ2) is 6.88. The highest BCUT2D eigenvalue weighted by Gasteiger charge is 2.24. The number of fused-ring (bicyclic) bond motifs is 1. The Kier molecular flexibility index (Phi) is 4.81. The molecule has 3 rings (SSSR count). The number of halogens is 1. The summed E-state index contributed by atoms with van der Waals surface area (Å²) in [7, 11) is 0. The van der Waals surface area contributed by atoms with Crippen LogP contribution in [0.2, 0.25) is 5.02 Å². The quantitative estimate of drug-likeness (QED) is 0.465. The van der Waals surface area contributed by atoms with Crippen molar-refractivity contribution in [2.45, 2.75) is 26.7 Å². The summed E-state index contributed by atoms with van der Waals surface area (Å²) in [6.07, 6.45) is 1.84. The molecule has 1 aromatic carbocycles. The van der Waals surface area contributed by atoms with E-state index in [0.29, 0.717) is 24.4 Å². The van der Waals surface area contributed by atoms with Crippen LogP contribution in [0.25, 0.3) is 11.0 Å².